The van der Waals surface area contributed by atoms with E-state index < -0.39 is 17.8 Å². The molecule has 3 heterocycles. The first kappa shape index (κ1) is 22.7. The predicted molar refractivity (Wildman–Crippen MR) is 116 cm³/mol. The number of rotatable bonds is 4. The van der Waals surface area contributed by atoms with Crippen LogP contribution in [0.4, 0.5) is 13.2 Å². The Bertz CT molecular complexity index is 1120. The minimum Gasteiger partial charge on any atom is -0.472 e. The summed E-state index contributed by atoms with van der Waals surface area (Å²) >= 11 is 0. The zero-order valence-corrected chi connectivity index (χ0v) is 18.2. The molecule has 1 amide bonds. The van der Waals surface area contributed by atoms with Gasteiger partial charge in [-0.25, -0.2) is 15.0 Å². The number of pyridine rings is 1. The molecule has 2 aromatic heterocycles. The molecule has 0 saturated carbocycles. The van der Waals surface area contributed by atoms with Crippen LogP contribution in [-0.2, 0) is 6.18 Å². The first-order valence-electron chi connectivity index (χ1n) is 10.6. The highest BCUT2D eigenvalue weighted by Crippen LogP contribution is 2.31. The Morgan fingerprint density at radius 2 is 1.85 bits per heavy atom. The van der Waals surface area contributed by atoms with Crippen molar-refractivity contribution < 1.29 is 22.7 Å². The molecule has 2 atom stereocenters. The zero-order chi connectivity index (χ0) is 23.6. The number of halogens is 3. The van der Waals surface area contributed by atoms with Crippen molar-refractivity contribution in [3.8, 4) is 17.3 Å². The summed E-state index contributed by atoms with van der Waals surface area (Å²) in [5, 5.41) is 0. The Morgan fingerprint density at radius 1 is 1.09 bits per heavy atom. The van der Waals surface area contributed by atoms with Crippen LogP contribution in [0.25, 0.3) is 11.4 Å². The molecule has 0 aliphatic carbocycles. The molecule has 33 heavy (non-hydrogen) atoms. The molecule has 0 unspecified atom stereocenters. The lowest BCUT2D eigenvalue weighted by Crippen LogP contribution is -2.51. The molecule has 0 bridgehead atoms. The quantitative estimate of drug-likeness (QED) is 0.557. The van der Waals surface area contributed by atoms with Gasteiger partial charge in [0.15, 0.2) is 5.82 Å². The number of aryl methyl sites for hydroxylation is 1. The van der Waals surface area contributed by atoms with Crippen LogP contribution in [0.1, 0.15) is 41.3 Å². The molecule has 9 heteroatoms. The molecule has 4 rings (SSSR count). The number of carbonyl (C=O) groups excluding carboxylic acids is 1. The topological polar surface area (TPSA) is 68.2 Å². The lowest BCUT2D eigenvalue weighted by molar-refractivity contribution is -0.137. The fraction of sp³-hybridized carbons (Fsp3) is 0.333. The molecular formula is C24H23F3N4O2. The second-order valence-corrected chi connectivity index (χ2v) is 7.99. The van der Waals surface area contributed by atoms with Crippen LogP contribution in [0.3, 0.4) is 0 Å². The number of hydrogen-bond donors (Lipinski definition) is 0. The van der Waals surface area contributed by atoms with Crippen molar-refractivity contribution >= 4 is 5.91 Å². The summed E-state index contributed by atoms with van der Waals surface area (Å²) in [5.41, 5.74) is 1.24. The van der Waals surface area contributed by atoms with E-state index in [0.717, 1.165) is 17.8 Å². The zero-order valence-electron chi connectivity index (χ0n) is 18.2. The van der Waals surface area contributed by atoms with E-state index in [9.17, 15) is 18.0 Å². The number of carbonyl (C=O) groups is 1. The van der Waals surface area contributed by atoms with Gasteiger partial charge in [-0.15, -0.1) is 0 Å². The Labute approximate surface area is 189 Å². The van der Waals surface area contributed by atoms with Gasteiger partial charge in [0.2, 0.25) is 5.88 Å². The average Bonchev–Trinajstić information content (AvgIpc) is 2.80. The molecule has 0 radical (unpaired) electrons. The minimum absolute atomic E-state index is 0.100. The molecule has 1 aliphatic rings. The van der Waals surface area contributed by atoms with E-state index in [-0.39, 0.29) is 17.8 Å². The average molecular weight is 456 g/mol. The fourth-order valence-electron chi connectivity index (χ4n) is 4.05. The van der Waals surface area contributed by atoms with Gasteiger partial charge < -0.3 is 9.64 Å². The van der Waals surface area contributed by atoms with E-state index in [1.165, 1.54) is 6.07 Å². The lowest BCUT2D eigenvalue weighted by Gasteiger charge is -2.39. The van der Waals surface area contributed by atoms with Crippen molar-refractivity contribution in [3.05, 3.63) is 71.7 Å². The summed E-state index contributed by atoms with van der Waals surface area (Å²) in [4.78, 5) is 27.8. The number of ether oxygens (including phenoxy) is 1. The molecule has 0 spiro atoms. The SMILES string of the molecule is Cc1cccc(C(=O)N2CCC[C@@H](Oc3ccc(C(F)(F)F)cn3)[C@@H]2C)c1-c1ncccn1. The Balaban J connectivity index is 1.56. The van der Waals surface area contributed by atoms with Crippen molar-refractivity contribution in [1.29, 1.82) is 0 Å². The Hall–Kier alpha value is -3.49. The number of aromatic nitrogens is 3. The molecule has 1 aliphatic heterocycles. The summed E-state index contributed by atoms with van der Waals surface area (Å²) in [6, 6.07) is 9.05. The van der Waals surface area contributed by atoms with E-state index in [1.807, 2.05) is 26.0 Å². The van der Waals surface area contributed by atoms with Gasteiger partial charge in [0, 0.05) is 36.8 Å². The highest BCUT2D eigenvalue weighted by Gasteiger charge is 2.35. The normalized spacial score (nSPS) is 18.8. The molecule has 6 nitrogen and oxygen atoms in total. The van der Waals surface area contributed by atoms with Gasteiger partial charge >= 0.3 is 6.18 Å². The van der Waals surface area contributed by atoms with Crippen molar-refractivity contribution in [2.45, 2.75) is 45.0 Å². The van der Waals surface area contributed by atoms with E-state index >= 15 is 0 Å². The second-order valence-electron chi connectivity index (χ2n) is 7.99. The number of piperidine rings is 1. The van der Waals surface area contributed by atoms with Gasteiger partial charge in [-0.1, -0.05) is 12.1 Å². The summed E-state index contributed by atoms with van der Waals surface area (Å²) in [5.74, 6) is 0.413. The number of alkyl halides is 3. The van der Waals surface area contributed by atoms with Gasteiger partial charge in [-0.05, 0) is 50.5 Å². The molecule has 172 valence electrons. The van der Waals surface area contributed by atoms with Gasteiger partial charge in [-0.2, -0.15) is 13.2 Å². The maximum atomic E-state index is 13.6. The predicted octanol–water partition coefficient (Wildman–Crippen LogP) is 4.94. The maximum absolute atomic E-state index is 13.6. The Morgan fingerprint density at radius 3 is 2.52 bits per heavy atom. The number of hydrogen-bond acceptors (Lipinski definition) is 5. The van der Waals surface area contributed by atoms with Gasteiger partial charge in [0.25, 0.3) is 5.91 Å². The standard InChI is InChI=1S/C24H23F3N4O2/c1-15-6-3-7-18(21(15)22-28-11-5-12-29-22)23(32)31-13-4-8-19(16(31)2)33-20-10-9-17(14-30-20)24(25,26)27/h3,5-7,9-12,14,16,19H,4,8,13H2,1-2H3/t16-,19+/m0/s1. The summed E-state index contributed by atoms with van der Waals surface area (Å²) in [6.07, 6.45) is 0.528. The second kappa shape index (κ2) is 9.17. The van der Waals surface area contributed by atoms with Gasteiger partial charge in [-0.3, -0.25) is 4.79 Å². The third kappa shape index (κ3) is 4.81. The largest absolute Gasteiger partial charge is 0.472 e. The third-order valence-corrected chi connectivity index (χ3v) is 5.81. The third-order valence-electron chi connectivity index (χ3n) is 5.81. The molecule has 1 aromatic carbocycles. The summed E-state index contributed by atoms with van der Waals surface area (Å²) < 4.78 is 44.3. The number of amides is 1. The molecule has 1 saturated heterocycles. The van der Waals surface area contributed by atoms with Crippen LogP contribution >= 0.6 is 0 Å². The van der Waals surface area contributed by atoms with E-state index in [2.05, 4.69) is 15.0 Å². The van der Waals surface area contributed by atoms with Crippen molar-refractivity contribution in [2.24, 2.45) is 0 Å². The molecule has 0 N–H and O–H groups in total. The minimum atomic E-state index is -4.46. The number of nitrogens with zero attached hydrogens (tertiary/aromatic N) is 4. The van der Waals surface area contributed by atoms with E-state index in [1.54, 1.807) is 29.4 Å². The van der Waals surface area contributed by atoms with Crippen molar-refractivity contribution in [2.75, 3.05) is 6.54 Å². The van der Waals surface area contributed by atoms with Gasteiger partial charge in [0.1, 0.15) is 6.10 Å². The van der Waals surface area contributed by atoms with Crippen molar-refractivity contribution in [1.82, 2.24) is 19.9 Å². The molecular weight excluding hydrogens is 433 g/mol. The monoisotopic (exact) mass is 456 g/mol. The van der Waals surface area contributed by atoms with E-state index in [4.69, 9.17) is 4.74 Å². The van der Waals surface area contributed by atoms with Crippen molar-refractivity contribution in [3.63, 3.8) is 0 Å². The first-order chi connectivity index (χ1) is 15.8. The molecule has 1 fully saturated rings. The van der Waals surface area contributed by atoms with Crippen LogP contribution < -0.4 is 4.74 Å². The summed E-state index contributed by atoms with van der Waals surface area (Å²) in [7, 11) is 0. The van der Waals surface area contributed by atoms with Crippen LogP contribution in [0, 0.1) is 6.92 Å². The first-order valence-corrected chi connectivity index (χ1v) is 10.6. The van der Waals surface area contributed by atoms with Crippen LogP contribution in [0.2, 0.25) is 0 Å². The smallest absolute Gasteiger partial charge is 0.417 e. The highest BCUT2D eigenvalue weighted by molar-refractivity contribution is 6.01. The van der Waals surface area contributed by atoms with Crippen LogP contribution in [0.5, 0.6) is 5.88 Å². The fourth-order valence-corrected chi connectivity index (χ4v) is 4.05. The summed E-state index contributed by atoms with van der Waals surface area (Å²) in [6.45, 7) is 4.33. The van der Waals surface area contributed by atoms with Crippen LogP contribution in [0.15, 0.2) is 55.0 Å². The van der Waals surface area contributed by atoms with Crippen LogP contribution in [-0.4, -0.2) is 44.4 Å². The van der Waals surface area contributed by atoms with Gasteiger partial charge in [0.05, 0.1) is 17.2 Å². The highest BCUT2D eigenvalue weighted by atomic mass is 19.4. The number of benzene rings is 1. The maximum Gasteiger partial charge on any atom is 0.417 e. The Kier molecular flexibility index (Phi) is 6.31. The lowest BCUT2D eigenvalue weighted by atomic mass is 9.95. The molecule has 3 aromatic rings. The van der Waals surface area contributed by atoms with E-state index in [0.29, 0.717) is 36.3 Å². The number of likely N-dealkylation sites (tertiary alicyclic amines) is 1.